The maximum atomic E-state index is 13.1. The molecular formula is C9H9F3O. The Hall–Kier alpha value is -1.03. The number of benzene rings is 1. The van der Waals surface area contributed by atoms with Crippen LogP contribution in [0.3, 0.4) is 0 Å². The van der Waals surface area contributed by atoms with Crippen LogP contribution in [-0.2, 0) is 5.92 Å². The fraction of sp³-hybridized carbons (Fsp3) is 0.333. The van der Waals surface area contributed by atoms with E-state index in [9.17, 15) is 13.2 Å². The van der Waals surface area contributed by atoms with Gasteiger partial charge in [0.25, 0.3) is 0 Å². The molecule has 0 saturated heterocycles. The second-order valence-corrected chi connectivity index (χ2v) is 2.66. The average molecular weight is 190 g/mol. The van der Waals surface area contributed by atoms with E-state index in [1.54, 1.807) is 6.07 Å². The summed E-state index contributed by atoms with van der Waals surface area (Å²) >= 11 is 0. The molecule has 0 bridgehead atoms. The minimum absolute atomic E-state index is 0.375. The Morgan fingerprint density at radius 1 is 1.23 bits per heavy atom. The van der Waals surface area contributed by atoms with Gasteiger partial charge in [-0.3, -0.25) is 0 Å². The number of halogens is 3. The molecule has 1 unspecified atom stereocenters. The van der Waals surface area contributed by atoms with Crippen LogP contribution >= 0.6 is 0 Å². The van der Waals surface area contributed by atoms with Gasteiger partial charge in [-0.25, -0.2) is 4.39 Å². The van der Waals surface area contributed by atoms with Crippen LogP contribution < -0.4 is 0 Å². The summed E-state index contributed by atoms with van der Waals surface area (Å²) in [5, 5.41) is 8.71. The highest BCUT2D eigenvalue weighted by Gasteiger charge is 2.40. The van der Waals surface area contributed by atoms with Crippen molar-refractivity contribution in [3.05, 3.63) is 35.9 Å². The molecule has 72 valence electrons. The van der Waals surface area contributed by atoms with Crippen molar-refractivity contribution < 1.29 is 18.3 Å². The molecule has 1 rings (SSSR count). The van der Waals surface area contributed by atoms with Crippen LogP contribution in [-0.4, -0.2) is 17.9 Å². The Morgan fingerprint density at radius 3 is 2.23 bits per heavy atom. The van der Waals surface area contributed by atoms with Crippen LogP contribution in [0.2, 0.25) is 0 Å². The largest absolute Gasteiger partial charge is 0.384 e. The zero-order chi connectivity index (χ0) is 9.90. The summed E-state index contributed by atoms with van der Waals surface area (Å²) in [5.74, 6) is -3.52. The van der Waals surface area contributed by atoms with Gasteiger partial charge in [-0.15, -0.1) is 0 Å². The van der Waals surface area contributed by atoms with Crippen LogP contribution in [0, 0.1) is 0 Å². The SMILES string of the molecule is OC(CF)C(F)(F)c1ccccc1. The van der Waals surface area contributed by atoms with Gasteiger partial charge in [0.2, 0.25) is 0 Å². The number of hydrogen-bond donors (Lipinski definition) is 1. The molecule has 0 radical (unpaired) electrons. The van der Waals surface area contributed by atoms with Crippen molar-refractivity contribution in [3.8, 4) is 0 Å². The first-order valence-electron chi connectivity index (χ1n) is 3.76. The van der Waals surface area contributed by atoms with Crippen LogP contribution in [0.25, 0.3) is 0 Å². The monoisotopic (exact) mass is 190 g/mol. The third kappa shape index (κ3) is 2.01. The molecule has 1 aromatic rings. The molecule has 1 nitrogen and oxygen atoms in total. The minimum atomic E-state index is -3.52. The van der Waals surface area contributed by atoms with Gasteiger partial charge < -0.3 is 5.11 Å². The Morgan fingerprint density at radius 2 is 1.77 bits per heavy atom. The number of aliphatic hydroxyl groups is 1. The van der Waals surface area contributed by atoms with E-state index in [4.69, 9.17) is 5.11 Å². The topological polar surface area (TPSA) is 20.2 Å². The summed E-state index contributed by atoms with van der Waals surface area (Å²) in [6.45, 7) is -1.46. The lowest BCUT2D eigenvalue weighted by atomic mass is 10.0. The maximum Gasteiger partial charge on any atom is 0.301 e. The standard InChI is InChI=1S/C9H9F3O/c10-6-8(13)9(11,12)7-4-2-1-3-5-7/h1-5,8,13H,6H2. The molecule has 13 heavy (non-hydrogen) atoms. The second kappa shape index (κ2) is 3.79. The summed E-state index contributed by atoms with van der Waals surface area (Å²) in [6.07, 6.45) is -2.27. The molecule has 0 amide bonds. The highest BCUT2D eigenvalue weighted by Crippen LogP contribution is 2.31. The van der Waals surface area contributed by atoms with E-state index in [0.29, 0.717) is 0 Å². The van der Waals surface area contributed by atoms with E-state index in [2.05, 4.69) is 0 Å². The average Bonchev–Trinajstić information content (AvgIpc) is 2.18. The summed E-state index contributed by atoms with van der Waals surface area (Å²) in [5.41, 5.74) is -0.375. The zero-order valence-corrected chi connectivity index (χ0v) is 6.75. The Kier molecular flexibility index (Phi) is 2.93. The van der Waals surface area contributed by atoms with Crippen LogP contribution in [0.1, 0.15) is 5.56 Å². The van der Waals surface area contributed by atoms with Crippen molar-refractivity contribution >= 4 is 0 Å². The summed E-state index contributed by atoms with van der Waals surface area (Å²) in [6, 6.07) is 6.70. The van der Waals surface area contributed by atoms with Gasteiger partial charge in [-0.2, -0.15) is 8.78 Å². The van der Waals surface area contributed by atoms with E-state index >= 15 is 0 Å². The third-order valence-corrected chi connectivity index (χ3v) is 1.72. The Balaban J connectivity index is 2.93. The normalized spacial score (nSPS) is 14.2. The molecule has 0 aromatic heterocycles. The van der Waals surface area contributed by atoms with E-state index in [1.165, 1.54) is 12.1 Å². The van der Waals surface area contributed by atoms with E-state index in [0.717, 1.165) is 12.1 Å². The zero-order valence-electron chi connectivity index (χ0n) is 6.75. The van der Waals surface area contributed by atoms with Crippen LogP contribution in [0.15, 0.2) is 30.3 Å². The van der Waals surface area contributed by atoms with Gasteiger partial charge in [0.1, 0.15) is 6.67 Å². The minimum Gasteiger partial charge on any atom is -0.384 e. The lowest BCUT2D eigenvalue weighted by Crippen LogP contribution is -2.32. The first-order valence-corrected chi connectivity index (χ1v) is 3.76. The van der Waals surface area contributed by atoms with Gasteiger partial charge in [0.15, 0.2) is 6.10 Å². The molecule has 0 spiro atoms. The van der Waals surface area contributed by atoms with Crippen molar-refractivity contribution in [2.24, 2.45) is 0 Å². The third-order valence-electron chi connectivity index (χ3n) is 1.72. The molecule has 0 aliphatic rings. The summed E-state index contributed by atoms with van der Waals surface area (Å²) < 4.78 is 38.0. The van der Waals surface area contributed by atoms with Gasteiger partial charge in [-0.05, 0) is 0 Å². The maximum absolute atomic E-state index is 13.1. The lowest BCUT2D eigenvalue weighted by Gasteiger charge is -2.20. The first-order chi connectivity index (χ1) is 6.09. The molecule has 1 N–H and O–H groups in total. The van der Waals surface area contributed by atoms with Crippen molar-refractivity contribution in [2.75, 3.05) is 6.67 Å². The number of rotatable bonds is 3. The van der Waals surface area contributed by atoms with Crippen molar-refractivity contribution in [3.63, 3.8) is 0 Å². The fourth-order valence-electron chi connectivity index (χ4n) is 0.950. The number of aliphatic hydroxyl groups excluding tert-OH is 1. The molecule has 0 heterocycles. The molecule has 1 aromatic carbocycles. The predicted octanol–water partition coefficient (Wildman–Crippen LogP) is 2.11. The molecule has 0 aliphatic carbocycles. The van der Waals surface area contributed by atoms with Crippen molar-refractivity contribution in [1.82, 2.24) is 0 Å². The Labute approximate surface area is 73.8 Å². The molecule has 1 atom stereocenters. The second-order valence-electron chi connectivity index (χ2n) is 2.66. The van der Waals surface area contributed by atoms with E-state index in [1.807, 2.05) is 0 Å². The highest BCUT2D eigenvalue weighted by atomic mass is 19.3. The molecule has 0 aliphatic heterocycles. The Bertz CT molecular complexity index is 261. The van der Waals surface area contributed by atoms with Gasteiger partial charge in [0.05, 0.1) is 0 Å². The first kappa shape index (κ1) is 10.1. The molecule has 0 saturated carbocycles. The fourth-order valence-corrected chi connectivity index (χ4v) is 0.950. The summed E-state index contributed by atoms with van der Waals surface area (Å²) in [7, 11) is 0. The lowest BCUT2D eigenvalue weighted by molar-refractivity contribution is -0.121. The quantitative estimate of drug-likeness (QED) is 0.773. The van der Waals surface area contributed by atoms with Crippen molar-refractivity contribution in [1.29, 1.82) is 0 Å². The molecule has 4 heteroatoms. The van der Waals surface area contributed by atoms with Crippen LogP contribution in [0.5, 0.6) is 0 Å². The van der Waals surface area contributed by atoms with Gasteiger partial charge >= 0.3 is 5.92 Å². The van der Waals surface area contributed by atoms with Gasteiger partial charge in [0, 0.05) is 5.56 Å². The predicted molar refractivity (Wildman–Crippen MR) is 42.3 cm³/mol. The molecule has 0 fully saturated rings. The number of hydrogen-bond acceptors (Lipinski definition) is 1. The van der Waals surface area contributed by atoms with Crippen LogP contribution in [0.4, 0.5) is 13.2 Å². The summed E-state index contributed by atoms with van der Waals surface area (Å²) in [4.78, 5) is 0. The highest BCUT2D eigenvalue weighted by molar-refractivity contribution is 5.21. The number of alkyl halides is 3. The van der Waals surface area contributed by atoms with E-state index in [-0.39, 0.29) is 5.56 Å². The van der Waals surface area contributed by atoms with E-state index < -0.39 is 18.7 Å². The smallest absolute Gasteiger partial charge is 0.301 e. The van der Waals surface area contributed by atoms with Gasteiger partial charge in [-0.1, -0.05) is 30.3 Å². The van der Waals surface area contributed by atoms with Crippen molar-refractivity contribution in [2.45, 2.75) is 12.0 Å². The molecular weight excluding hydrogens is 181 g/mol.